The zero-order valence-electron chi connectivity index (χ0n) is 13.1. The maximum atomic E-state index is 3.79. The van der Waals surface area contributed by atoms with E-state index in [4.69, 9.17) is 0 Å². The summed E-state index contributed by atoms with van der Waals surface area (Å²) >= 11 is 0. The molecule has 1 aliphatic heterocycles. The standard InChI is InChI=1S/C17H34N2/c1-14-12-15(8-5-3-4-6-10-18-2)16-9-7-11-19-17(16)13-14/h14-19H,3-13H2,1-2H3. The molecule has 0 spiro atoms. The highest BCUT2D eigenvalue weighted by Crippen LogP contribution is 2.40. The van der Waals surface area contributed by atoms with Gasteiger partial charge in [0.25, 0.3) is 0 Å². The van der Waals surface area contributed by atoms with Gasteiger partial charge in [-0.25, -0.2) is 0 Å². The Kier molecular flexibility index (Phi) is 6.66. The molecule has 2 N–H and O–H groups in total. The fraction of sp³-hybridized carbons (Fsp3) is 1.00. The maximum Gasteiger partial charge on any atom is 0.0100 e. The molecule has 2 fully saturated rings. The summed E-state index contributed by atoms with van der Waals surface area (Å²) in [5.41, 5.74) is 0. The lowest BCUT2D eigenvalue weighted by atomic mass is 9.67. The Hall–Kier alpha value is -0.0800. The van der Waals surface area contributed by atoms with Crippen LogP contribution in [0.1, 0.15) is 64.7 Å². The third kappa shape index (κ3) is 4.75. The molecule has 1 saturated carbocycles. The molecular formula is C17H34N2. The summed E-state index contributed by atoms with van der Waals surface area (Å²) in [6.45, 7) is 4.92. The molecule has 19 heavy (non-hydrogen) atoms. The SMILES string of the molecule is CNCCCCCCC1CC(C)CC2NCCCC12. The van der Waals surface area contributed by atoms with E-state index in [9.17, 15) is 0 Å². The van der Waals surface area contributed by atoms with Crippen LogP contribution < -0.4 is 10.6 Å². The first-order chi connectivity index (χ1) is 9.31. The number of hydrogen-bond acceptors (Lipinski definition) is 2. The molecular weight excluding hydrogens is 232 g/mol. The number of hydrogen-bond donors (Lipinski definition) is 2. The number of rotatable bonds is 7. The predicted octanol–water partition coefficient (Wildman–Crippen LogP) is 3.57. The van der Waals surface area contributed by atoms with Gasteiger partial charge in [0.15, 0.2) is 0 Å². The number of unbranched alkanes of at least 4 members (excludes halogenated alkanes) is 3. The molecule has 0 aromatic heterocycles. The maximum absolute atomic E-state index is 3.79. The first-order valence-electron chi connectivity index (χ1n) is 8.69. The van der Waals surface area contributed by atoms with Gasteiger partial charge in [0.2, 0.25) is 0 Å². The Labute approximate surface area is 120 Å². The van der Waals surface area contributed by atoms with Crippen LogP contribution in [-0.4, -0.2) is 26.2 Å². The average molecular weight is 266 g/mol. The highest BCUT2D eigenvalue weighted by Gasteiger charge is 2.36. The monoisotopic (exact) mass is 266 g/mol. The van der Waals surface area contributed by atoms with E-state index in [1.807, 2.05) is 0 Å². The number of piperidine rings is 1. The van der Waals surface area contributed by atoms with Crippen LogP contribution in [-0.2, 0) is 0 Å². The molecule has 1 aliphatic carbocycles. The van der Waals surface area contributed by atoms with Gasteiger partial charge in [-0.3, -0.25) is 0 Å². The van der Waals surface area contributed by atoms with Gasteiger partial charge in [-0.05, 0) is 70.0 Å². The second-order valence-corrected chi connectivity index (χ2v) is 7.01. The molecule has 0 aromatic rings. The molecule has 0 amide bonds. The second kappa shape index (κ2) is 8.26. The van der Waals surface area contributed by atoms with Gasteiger partial charge in [-0.1, -0.05) is 32.6 Å². The largest absolute Gasteiger partial charge is 0.320 e. The van der Waals surface area contributed by atoms with Crippen molar-refractivity contribution in [3.63, 3.8) is 0 Å². The fourth-order valence-electron chi connectivity index (χ4n) is 4.42. The van der Waals surface area contributed by atoms with E-state index in [-0.39, 0.29) is 0 Å². The van der Waals surface area contributed by atoms with E-state index in [0.29, 0.717) is 0 Å². The minimum atomic E-state index is 0.854. The van der Waals surface area contributed by atoms with E-state index in [2.05, 4.69) is 24.6 Å². The van der Waals surface area contributed by atoms with Crippen molar-refractivity contribution >= 4 is 0 Å². The molecule has 2 heteroatoms. The van der Waals surface area contributed by atoms with Gasteiger partial charge in [-0.15, -0.1) is 0 Å². The molecule has 2 nitrogen and oxygen atoms in total. The summed E-state index contributed by atoms with van der Waals surface area (Å²) in [6, 6.07) is 0.854. The van der Waals surface area contributed by atoms with Crippen LogP contribution in [0, 0.1) is 17.8 Å². The van der Waals surface area contributed by atoms with Crippen LogP contribution in [0.2, 0.25) is 0 Å². The van der Waals surface area contributed by atoms with Gasteiger partial charge < -0.3 is 10.6 Å². The van der Waals surface area contributed by atoms with Gasteiger partial charge in [-0.2, -0.15) is 0 Å². The molecule has 0 bridgehead atoms. The van der Waals surface area contributed by atoms with Crippen molar-refractivity contribution in [1.29, 1.82) is 0 Å². The van der Waals surface area contributed by atoms with Crippen LogP contribution >= 0.6 is 0 Å². The van der Waals surface area contributed by atoms with Crippen molar-refractivity contribution in [2.75, 3.05) is 20.1 Å². The minimum absolute atomic E-state index is 0.854. The van der Waals surface area contributed by atoms with Crippen molar-refractivity contribution in [3.8, 4) is 0 Å². The summed E-state index contributed by atoms with van der Waals surface area (Å²) in [6.07, 6.45) is 13.0. The topological polar surface area (TPSA) is 24.1 Å². The van der Waals surface area contributed by atoms with Gasteiger partial charge in [0, 0.05) is 6.04 Å². The van der Waals surface area contributed by atoms with Crippen LogP contribution in [0.4, 0.5) is 0 Å². The Morgan fingerprint density at radius 2 is 1.95 bits per heavy atom. The van der Waals surface area contributed by atoms with E-state index >= 15 is 0 Å². The minimum Gasteiger partial charge on any atom is -0.320 e. The summed E-state index contributed by atoms with van der Waals surface area (Å²) < 4.78 is 0. The van der Waals surface area contributed by atoms with Crippen molar-refractivity contribution in [1.82, 2.24) is 10.6 Å². The predicted molar refractivity (Wildman–Crippen MR) is 83.4 cm³/mol. The van der Waals surface area contributed by atoms with E-state index < -0.39 is 0 Å². The quantitative estimate of drug-likeness (QED) is 0.688. The zero-order valence-corrected chi connectivity index (χ0v) is 13.1. The summed E-state index contributed by atoms with van der Waals surface area (Å²) in [5, 5.41) is 7.03. The highest BCUT2D eigenvalue weighted by atomic mass is 14.9. The van der Waals surface area contributed by atoms with Crippen molar-refractivity contribution in [3.05, 3.63) is 0 Å². The van der Waals surface area contributed by atoms with Crippen LogP contribution in [0.3, 0.4) is 0 Å². The molecule has 0 aromatic carbocycles. The lowest BCUT2D eigenvalue weighted by molar-refractivity contribution is 0.0976. The number of nitrogens with one attached hydrogen (secondary N) is 2. The molecule has 112 valence electrons. The summed E-state index contributed by atoms with van der Waals surface area (Å²) in [5.74, 6) is 2.97. The lowest BCUT2D eigenvalue weighted by Gasteiger charge is -2.44. The van der Waals surface area contributed by atoms with Gasteiger partial charge >= 0.3 is 0 Å². The Morgan fingerprint density at radius 1 is 1.11 bits per heavy atom. The lowest BCUT2D eigenvalue weighted by Crippen LogP contribution is -2.48. The third-order valence-electron chi connectivity index (χ3n) is 5.36. The molecule has 4 unspecified atom stereocenters. The smallest absolute Gasteiger partial charge is 0.0100 e. The van der Waals surface area contributed by atoms with Crippen molar-refractivity contribution in [2.24, 2.45) is 17.8 Å². The zero-order chi connectivity index (χ0) is 13.5. The molecule has 1 saturated heterocycles. The van der Waals surface area contributed by atoms with Gasteiger partial charge in [0.05, 0.1) is 0 Å². The third-order valence-corrected chi connectivity index (χ3v) is 5.36. The van der Waals surface area contributed by atoms with Crippen molar-refractivity contribution in [2.45, 2.75) is 70.8 Å². The first kappa shape index (κ1) is 15.3. The van der Waals surface area contributed by atoms with E-state index in [1.165, 1.54) is 70.9 Å². The van der Waals surface area contributed by atoms with Crippen LogP contribution in [0.25, 0.3) is 0 Å². The Bertz CT molecular complexity index is 241. The van der Waals surface area contributed by atoms with Crippen LogP contribution in [0.15, 0.2) is 0 Å². The number of fused-ring (bicyclic) bond motifs is 1. The molecule has 1 heterocycles. The molecule has 2 rings (SSSR count). The molecule has 0 radical (unpaired) electrons. The highest BCUT2D eigenvalue weighted by molar-refractivity contribution is 4.91. The summed E-state index contributed by atoms with van der Waals surface area (Å²) in [7, 11) is 2.06. The molecule has 2 aliphatic rings. The molecule has 4 atom stereocenters. The fourth-order valence-corrected chi connectivity index (χ4v) is 4.42. The van der Waals surface area contributed by atoms with E-state index in [1.54, 1.807) is 0 Å². The van der Waals surface area contributed by atoms with E-state index in [0.717, 1.165) is 23.8 Å². The Morgan fingerprint density at radius 3 is 2.79 bits per heavy atom. The second-order valence-electron chi connectivity index (χ2n) is 7.01. The van der Waals surface area contributed by atoms with Gasteiger partial charge in [0.1, 0.15) is 0 Å². The van der Waals surface area contributed by atoms with Crippen LogP contribution in [0.5, 0.6) is 0 Å². The average Bonchev–Trinajstić information content (AvgIpc) is 2.42. The normalized spacial score (nSPS) is 35.1. The van der Waals surface area contributed by atoms with Crippen molar-refractivity contribution < 1.29 is 0 Å². The first-order valence-corrected chi connectivity index (χ1v) is 8.69. The Balaban J connectivity index is 1.68. The summed E-state index contributed by atoms with van der Waals surface area (Å²) in [4.78, 5) is 0.